The van der Waals surface area contributed by atoms with Crippen LogP contribution in [0.25, 0.3) is 0 Å². The van der Waals surface area contributed by atoms with E-state index in [4.69, 9.17) is 11.6 Å². The lowest BCUT2D eigenvalue weighted by Crippen LogP contribution is -2.27. The van der Waals surface area contributed by atoms with Gasteiger partial charge in [0.2, 0.25) is 0 Å². The maximum absolute atomic E-state index is 12.6. The van der Waals surface area contributed by atoms with Crippen molar-refractivity contribution in [1.29, 1.82) is 0 Å². The Hall–Kier alpha value is -0.450. The first kappa shape index (κ1) is 15.6. The Labute approximate surface area is 115 Å². The van der Waals surface area contributed by atoms with Crippen LogP contribution in [0.1, 0.15) is 36.4 Å². The molecule has 1 atom stereocenters. The lowest BCUT2D eigenvalue weighted by molar-refractivity contribution is -0.137. The summed E-state index contributed by atoms with van der Waals surface area (Å²) in [7, 11) is 0. The highest BCUT2D eigenvalue weighted by molar-refractivity contribution is 6.31. The highest BCUT2D eigenvalue weighted by Gasteiger charge is 2.31. The van der Waals surface area contributed by atoms with E-state index in [0.717, 1.165) is 37.9 Å². The van der Waals surface area contributed by atoms with Crippen molar-refractivity contribution in [1.82, 2.24) is 5.32 Å². The van der Waals surface area contributed by atoms with E-state index >= 15 is 0 Å². The monoisotopic (exact) mass is 299 g/mol. The largest absolute Gasteiger partial charge is 0.416 e. The van der Waals surface area contributed by atoms with E-state index in [2.05, 4.69) is 5.32 Å². The molecule has 2 rings (SSSR count). The quantitative estimate of drug-likeness (QED) is 0.799. The number of hydrogen-bond acceptors (Lipinski definition) is 1. The maximum Gasteiger partial charge on any atom is 0.416 e. The number of alkyl halides is 3. The van der Waals surface area contributed by atoms with Crippen molar-refractivity contribution in [3.8, 4) is 0 Å². The van der Waals surface area contributed by atoms with Gasteiger partial charge in [-0.05, 0) is 43.1 Å². The zero-order valence-corrected chi connectivity index (χ0v) is 11.1. The van der Waals surface area contributed by atoms with Crippen molar-refractivity contribution >= 4 is 24.0 Å². The Morgan fingerprint density at radius 1 is 1.22 bits per heavy atom. The summed E-state index contributed by atoms with van der Waals surface area (Å²) >= 11 is 5.97. The summed E-state index contributed by atoms with van der Waals surface area (Å²) < 4.78 is 37.8. The predicted octanol–water partition coefficient (Wildman–Crippen LogP) is 4.60. The van der Waals surface area contributed by atoms with Crippen LogP contribution >= 0.6 is 24.0 Å². The minimum absolute atomic E-state index is 0. The second-order valence-electron chi connectivity index (χ2n) is 4.24. The second kappa shape index (κ2) is 6.13. The molecule has 1 aliphatic rings. The molecule has 18 heavy (non-hydrogen) atoms. The summed E-state index contributed by atoms with van der Waals surface area (Å²) in [5, 5.41) is 3.60. The van der Waals surface area contributed by atoms with Crippen molar-refractivity contribution in [3.05, 3.63) is 34.3 Å². The van der Waals surface area contributed by atoms with E-state index in [9.17, 15) is 13.2 Å². The molecule has 1 fully saturated rings. The molecule has 1 nitrogen and oxygen atoms in total. The fraction of sp³-hybridized carbons (Fsp3) is 0.500. The molecule has 0 unspecified atom stereocenters. The Morgan fingerprint density at radius 3 is 2.50 bits per heavy atom. The third-order valence-electron chi connectivity index (χ3n) is 3.01. The molecule has 102 valence electrons. The number of rotatable bonds is 1. The Bertz CT molecular complexity index is 401. The van der Waals surface area contributed by atoms with Gasteiger partial charge < -0.3 is 5.32 Å². The molecular formula is C12H14Cl2F3N. The topological polar surface area (TPSA) is 12.0 Å². The van der Waals surface area contributed by atoms with Crippen LogP contribution in [0.5, 0.6) is 0 Å². The minimum atomic E-state index is -4.31. The summed E-state index contributed by atoms with van der Waals surface area (Å²) in [5.74, 6) is 0. The number of hydrogen-bond donors (Lipinski definition) is 1. The fourth-order valence-corrected chi connectivity index (χ4v) is 2.35. The van der Waals surface area contributed by atoms with Gasteiger partial charge in [0.05, 0.1) is 5.56 Å². The summed E-state index contributed by atoms with van der Waals surface area (Å²) in [5.41, 5.74) is -0.0783. The third kappa shape index (κ3) is 3.53. The van der Waals surface area contributed by atoms with Crippen LogP contribution in [0.4, 0.5) is 13.2 Å². The van der Waals surface area contributed by atoms with Gasteiger partial charge in [-0.3, -0.25) is 0 Å². The molecule has 0 spiro atoms. The SMILES string of the molecule is Cl.FC(F)(F)c1ccc(Cl)c([C@H]2CCCCN2)c1. The first-order valence-corrected chi connectivity index (χ1v) is 5.96. The standard InChI is InChI=1S/C12H13ClF3N.ClH/c13-10-5-4-8(12(14,15)16)7-9(10)11-3-1-2-6-17-11;/h4-5,7,11,17H,1-3,6H2;1H/t11-;/m1./s1. The summed E-state index contributed by atoms with van der Waals surface area (Å²) in [6, 6.07) is 3.45. The molecule has 1 heterocycles. The van der Waals surface area contributed by atoms with Crippen molar-refractivity contribution in [2.24, 2.45) is 0 Å². The lowest BCUT2D eigenvalue weighted by atomic mass is 9.96. The van der Waals surface area contributed by atoms with Gasteiger partial charge in [0.25, 0.3) is 0 Å². The summed E-state index contributed by atoms with van der Waals surface area (Å²) in [4.78, 5) is 0. The zero-order chi connectivity index (χ0) is 12.5. The van der Waals surface area contributed by atoms with Crippen LogP contribution in [0.15, 0.2) is 18.2 Å². The number of nitrogens with one attached hydrogen (secondary N) is 1. The summed E-state index contributed by atoms with van der Waals surface area (Å²) in [6.45, 7) is 0.831. The van der Waals surface area contributed by atoms with Crippen LogP contribution in [0, 0.1) is 0 Å². The van der Waals surface area contributed by atoms with Crippen LogP contribution in [-0.4, -0.2) is 6.54 Å². The van der Waals surface area contributed by atoms with Gasteiger partial charge in [-0.25, -0.2) is 0 Å². The third-order valence-corrected chi connectivity index (χ3v) is 3.35. The predicted molar refractivity (Wildman–Crippen MR) is 68.3 cm³/mol. The molecule has 0 bridgehead atoms. The van der Waals surface area contributed by atoms with Crippen molar-refractivity contribution < 1.29 is 13.2 Å². The van der Waals surface area contributed by atoms with E-state index in [0.29, 0.717) is 10.6 Å². The van der Waals surface area contributed by atoms with Crippen LogP contribution in [-0.2, 0) is 6.18 Å². The van der Waals surface area contributed by atoms with Crippen LogP contribution < -0.4 is 5.32 Å². The minimum Gasteiger partial charge on any atom is -0.310 e. The van der Waals surface area contributed by atoms with Crippen LogP contribution in [0.3, 0.4) is 0 Å². The van der Waals surface area contributed by atoms with Crippen molar-refractivity contribution in [3.63, 3.8) is 0 Å². The highest BCUT2D eigenvalue weighted by atomic mass is 35.5. The molecule has 0 radical (unpaired) electrons. The second-order valence-corrected chi connectivity index (χ2v) is 4.64. The molecule has 0 aromatic heterocycles. The van der Waals surface area contributed by atoms with Gasteiger partial charge >= 0.3 is 6.18 Å². The number of halogens is 5. The Morgan fingerprint density at radius 2 is 1.94 bits per heavy atom. The molecule has 1 aromatic carbocycles. The van der Waals surface area contributed by atoms with Crippen LogP contribution in [0.2, 0.25) is 5.02 Å². The first-order valence-electron chi connectivity index (χ1n) is 5.58. The summed E-state index contributed by atoms with van der Waals surface area (Å²) in [6.07, 6.45) is -1.40. The van der Waals surface area contributed by atoms with Gasteiger partial charge in [-0.15, -0.1) is 12.4 Å². The van der Waals surface area contributed by atoms with E-state index in [-0.39, 0.29) is 18.4 Å². The molecular weight excluding hydrogens is 286 g/mol. The molecule has 1 saturated heterocycles. The Balaban J connectivity index is 0.00000162. The van der Waals surface area contributed by atoms with Crippen molar-refractivity contribution in [2.75, 3.05) is 6.54 Å². The van der Waals surface area contributed by atoms with E-state index in [1.807, 2.05) is 0 Å². The zero-order valence-electron chi connectivity index (χ0n) is 9.56. The number of piperidine rings is 1. The van der Waals surface area contributed by atoms with Gasteiger partial charge in [0.1, 0.15) is 0 Å². The molecule has 1 aromatic rings. The van der Waals surface area contributed by atoms with E-state index < -0.39 is 11.7 Å². The maximum atomic E-state index is 12.6. The fourth-order valence-electron chi connectivity index (χ4n) is 2.10. The normalized spacial score (nSPS) is 20.3. The molecule has 6 heteroatoms. The molecule has 0 amide bonds. The van der Waals surface area contributed by atoms with Crippen molar-refractivity contribution in [2.45, 2.75) is 31.5 Å². The first-order chi connectivity index (χ1) is 7.98. The van der Waals surface area contributed by atoms with E-state index in [1.165, 1.54) is 6.07 Å². The highest BCUT2D eigenvalue weighted by Crippen LogP contribution is 2.35. The van der Waals surface area contributed by atoms with Gasteiger partial charge in [0.15, 0.2) is 0 Å². The lowest BCUT2D eigenvalue weighted by Gasteiger charge is -2.25. The smallest absolute Gasteiger partial charge is 0.310 e. The molecule has 0 saturated carbocycles. The molecule has 1 aliphatic heterocycles. The van der Waals surface area contributed by atoms with E-state index in [1.54, 1.807) is 0 Å². The average Bonchev–Trinajstić information content (AvgIpc) is 2.29. The van der Waals surface area contributed by atoms with Gasteiger partial charge in [0, 0.05) is 11.1 Å². The average molecular weight is 300 g/mol. The number of benzene rings is 1. The van der Waals surface area contributed by atoms with Gasteiger partial charge in [-0.1, -0.05) is 18.0 Å². The molecule has 1 N–H and O–H groups in total. The van der Waals surface area contributed by atoms with Gasteiger partial charge in [-0.2, -0.15) is 13.2 Å². The molecule has 0 aliphatic carbocycles. The Kier molecular flexibility index (Phi) is 5.32.